The second kappa shape index (κ2) is 7.99. The van der Waals surface area contributed by atoms with E-state index in [9.17, 15) is 13.2 Å². The fourth-order valence-electron chi connectivity index (χ4n) is 2.37. The molecule has 1 heterocycles. The quantitative estimate of drug-likeness (QED) is 0.550. The smallest absolute Gasteiger partial charge is 0.451 e. The molecule has 0 saturated heterocycles. The van der Waals surface area contributed by atoms with Gasteiger partial charge in [0.1, 0.15) is 23.9 Å². The zero-order valence-corrected chi connectivity index (χ0v) is 15.8. The Bertz CT molecular complexity index is 934. The van der Waals surface area contributed by atoms with Crippen LogP contribution in [0.15, 0.2) is 46.9 Å². The van der Waals surface area contributed by atoms with E-state index in [1.165, 1.54) is 6.07 Å². The lowest BCUT2D eigenvalue weighted by molar-refractivity contribution is -0.144. The zero-order valence-electron chi connectivity index (χ0n) is 14.2. The van der Waals surface area contributed by atoms with E-state index >= 15 is 0 Å². The topological polar surface area (TPSA) is 56.3 Å². The van der Waals surface area contributed by atoms with Gasteiger partial charge < -0.3 is 14.8 Å². The van der Waals surface area contributed by atoms with Crippen molar-refractivity contribution in [2.75, 3.05) is 25.6 Å². The third-order valence-corrected chi connectivity index (χ3v) is 4.13. The third kappa shape index (κ3) is 4.79. The van der Waals surface area contributed by atoms with Crippen LogP contribution in [0.5, 0.6) is 11.5 Å². The molecular weight excluding hydrogens is 427 g/mol. The number of fused-ring (bicyclic) bond motifs is 1. The van der Waals surface area contributed by atoms with Crippen LogP contribution >= 0.6 is 15.9 Å². The zero-order chi connectivity index (χ0) is 19.4. The Kier molecular flexibility index (Phi) is 5.69. The number of benzene rings is 2. The Hall–Kier alpha value is -2.55. The molecule has 0 radical (unpaired) electrons. The summed E-state index contributed by atoms with van der Waals surface area (Å²) >= 11 is 3.31. The van der Waals surface area contributed by atoms with Gasteiger partial charge in [-0.15, -0.1) is 0 Å². The van der Waals surface area contributed by atoms with E-state index in [2.05, 4.69) is 31.2 Å². The Morgan fingerprint density at radius 1 is 1.04 bits per heavy atom. The summed E-state index contributed by atoms with van der Waals surface area (Å²) in [5.74, 6) is 0.255. The number of nitrogens with zero attached hydrogens (tertiary/aromatic N) is 2. The number of rotatable bonds is 6. The van der Waals surface area contributed by atoms with E-state index < -0.39 is 12.0 Å². The van der Waals surface area contributed by atoms with E-state index in [0.29, 0.717) is 16.9 Å². The molecule has 27 heavy (non-hydrogen) atoms. The minimum atomic E-state index is -4.63. The summed E-state index contributed by atoms with van der Waals surface area (Å²) in [5, 5.41) is 3.39. The SMILES string of the molecule is COc1ccc(OCCNc2nc(C(F)(F)F)nc3ccc(Br)cc23)cc1. The molecule has 142 valence electrons. The molecule has 5 nitrogen and oxygen atoms in total. The molecule has 3 rings (SSSR count). The Morgan fingerprint density at radius 2 is 1.74 bits per heavy atom. The van der Waals surface area contributed by atoms with E-state index in [0.717, 1.165) is 4.47 Å². The van der Waals surface area contributed by atoms with Gasteiger partial charge in [0.25, 0.3) is 0 Å². The van der Waals surface area contributed by atoms with Crippen LogP contribution in [0.25, 0.3) is 10.9 Å². The van der Waals surface area contributed by atoms with Crippen molar-refractivity contribution in [2.24, 2.45) is 0 Å². The predicted octanol–water partition coefficient (Wildman–Crippen LogP) is 4.91. The predicted molar refractivity (Wildman–Crippen MR) is 99.2 cm³/mol. The van der Waals surface area contributed by atoms with Gasteiger partial charge in [-0.1, -0.05) is 15.9 Å². The summed E-state index contributed by atoms with van der Waals surface area (Å²) in [6.07, 6.45) is -4.63. The maximum Gasteiger partial charge on any atom is 0.451 e. The number of methoxy groups -OCH3 is 1. The van der Waals surface area contributed by atoms with Crippen LogP contribution in [0.4, 0.5) is 19.0 Å². The first kappa shape index (κ1) is 19.2. The van der Waals surface area contributed by atoms with Crippen LogP contribution in [0.2, 0.25) is 0 Å². The first-order valence-corrected chi connectivity index (χ1v) is 8.71. The fraction of sp³-hybridized carbons (Fsp3) is 0.222. The summed E-state index contributed by atoms with van der Waals surface area (Å²) in [6.45, 7) is 0.509. The van der Waals surface area contributed by atoms with Crippen LogP contribution < -0.4 is 14.8 Å². The highest BCUT2D eigenvalue weighted by Crippen LogP contribution is 2.31. The summed E-state index contributed by atoms with van der Waals surface area (Å²) < 4.78 is 50.5. The number of halogens is 4. The first-order chi connectivity index (χ1) is 12.9. The molecule has 1 aromatic heterocycles. The molecule has 0 spiro atoms. The van der Waals surface area contributed by atoms with Crippen molar-refractivity contribution < 1.29 is 22.6 Å². The van der Waals surface area contributed by atoms with Crippen LogP contribution in [0.3, 0.4) is 0 Å². The molecule has 0 atom stereocenters. The summed E-state index contributed by atoms with van der Waals surface area (Å²) in [5.41, 5.74) is 0.207. The summed E-state index contributed by atoms with van der Waals surface area (Å²) in [7, 11) is 1.57. The van der Waals surface area contributed by atoms with Crippen molar-refractivity contribution in [3.63, 3.8) is 0 Å². The molecule has 0 fully saturated rings. The lowest BCUT2D eigenvalue weighted by Crippen LogP contribution is -2.16. The van der Waals surface area contributed by atoms with Gasteiger partial charge in [0.15, 0.2) is 0 Å². The molecule has 0 unspecified atom stereocenters. The Labute approximate surface area is 161 Å². The molecule has 3 aromatic rings. The van der Waals surface area contributed by atoms with Crippen molar-refractivity contribution in [1.82, 2.24) is 9.97 Å². The normalized spacial score (nSPS) is 11.4. The molecular formula is C18H15BrF3N3O2. The van der Waals surface area contributed by atoms with Crippen molar-refractivity contribution in [3.05, 3.63) is 52.8 Å². The number of nitrogens with one attached hydrogen (secondary N) is 1. The lowest BCUT2D eigenvalue weighted by atomic mass is 10.2. The largest absolute Gasteiger partial charge is 0.497 e. The third-order valence-electron chi connectivity index (χ3n) is 3.63. The van der Waals surface area contributed by atoms with Gasteiger partial charge in [0.2, 0.25) is 5.82 Å². The maximum atomic E-state index is 13.0. The number of hydrogen-bond acceptors (Lipinski definition) is 5. The first-order valence-electron chi connectivity index (χ1n) is 7.92. The van der Waals surface area contributed by atoms with Crippen molar-refractivity contribution in [2.45, 2.75) is 6.18 Å². The van der Waals surface area contributed by atoms with Crippen LogP contribution in [0, 0.1) is 0 Å². The minimum absolute atomic E-state index is 0.104. The molecule has 0 aliphatic heterocycles. The van der Waals surface area contributed by atoms with Gasteiger partial charge in [-0.2, -0.15) is 13.2 Å². The van der Waals surface area contributed by atoms with Gasteiger partial charge in [0.05, 0.1) is 19.2 Å². The van der Waals surface area contributed by atoms with Gasteiger partial charge >= 0.3 is 6.18 Å². The van der Waals surface area contributed by atoms with Gasteiger partial charge in [-0.25, -0.2) is 9.97 Å². The minimum Gasteiger partial charge on any atom is -0.497 e. The van der Waals surface area contributed by atoms with E-state index in [4.69, 9.17) is 9.47 Å². The number of anilines is 1. The molecule has 0 amide bonds. The van der Waals surface area contributed by atoms with Crippen molar-refractivity contribution in [3.8, 4) is 11.5 Å². The molecule has 0 aliphatic carbocycles. The molecule has 0 bridgehead atoms. The molecule has 9 heteroatoms. The average molecular weight is 442 g/mol. The highest BCUT2D eigenvalue weighted by atomic mass is 79.9. The molecule has 0 saturated carbocycles. The summed E-state index contributed by atoms with van der Waals surface area (Å²) in [6, 6.07) is 11.8. The van der Waals surface area contributed by atoms with Crippen molar-refractivity contribution in [1.29, 1.82) is 0 Å². The maximum absolute atomic E-state index is 13.0. The molecule has 1 N–H and O–H groups in total. The van der Waals surface area contributed by atoms with Gasteiger partial charge in [0, 0.05) is 9.86 Å². The monoisotopic (exact) mass is 441 g/mol. The van der Waals surface area contributed by atoms with E-state index in [1.54, 1.807) is 43.5 Å². The molecule has 2 aromatic carbocycles. The van der Waals surface area contributed by atoms with Gasteiger partial charge in [-0.3, -0.25) is 0 Å². The number of ether oxygens (including phenoxy) is 2. The average Bonchev–Trinajstić information content (AvgIpc) is 2.64. The summed E-state index contributed by atoms with van der Waals surface area (Å²) in [4.78, 5) is 7.24. The second-order valence-electron chi connectivity index (χ2n) is 5.51. The van der Waals surface area contributed by atoms with Crippen LogP contribution in [0.1, 0.15) is 5.82 Å². The standard InChI is InChI=1S/C18H15BrF3N3O2/c1-26-12-3-5-13(6-4-12)27-9-8-23-16-14-10-11(19)2-7-15(14)24-17(25-16)18(20,21)22/h2-7,10H,8-9H2,1H3,(H,23,24,25). The van der Waals surface area contributed by atoms with E-state index in [1.807, 2.05) is 0 Å². The van der Waals surface area contributed by atoms with Crippen molar-refractivity contribution >= 4 is 32.7 Å². The highest BCUT2D eigenvalue weighted by Gasteiger charge is 2.35. The Morgan fingerprint density at radius 3 is 2.41 bits per heavy atom. The van der Waals surface area contributed by atoms with Crippen LogP contribution in [-0.4, -0.2) is 30.2 Å². The van der Waals surface area contributed by atoms with Crippen LogP contribution in [-0.2, 0) is 6.18 Å². The number of hydrogen-bond donors (Lipinski definition) is 1. The molecule has 0 aliphatic rings. The lowest BCUT2D eigenvalue weighted by Gasteiger charge is -2.13. The Balaban J connectivity index is 1.73. The van der Waals surface area contributed by atoms with E-state index in [-0.39, 0.29) is 24.5 Å². The number of alkyl halides is 3. The highest BCUT2D eigenvalue weighted by molar-refractivity contribution is 9.10. The number of aromatic nitrogens is 2. The van der Waals surface area contributed by atoms with Gasteiger partial charge in [-0.05, 0) is 42.5 Å². The second-order valence-corrected chi connectivity index (χ2v) is 6.42. The fourth-order valence-corrected chi connectivity index (χ4v) is 2.73.